The van der Waals surface area contributed by atoms with E-state index in [1.807, 2.05) is 24.1 Å². The Labute approximate surface area is 120 Å². The van der Waals surface area contributed by atoms with E-state index in [-0.39, 0.29) is 6.61 Å². The molecule has 0 amide bonds. The van der Waals surface area contributed by atoms with Crippen LogP contribution in [-0.2, 0) is 6.61 Å². The summed E-state index contributed by atoms with van der Waals surface area (Å²) >= 11 is 0. The van der Waals surface area contributed by atoms with Gasteiger partial charge < -0.3 is 10.0 Å². The second-order valence-corrected chi connectivity index (χ2v) is 5.47. The lowest BCUT2D eigenvalue weighted by molar-refractivity contribution is 0.281. The first-order chi connectivity index (χ1) is 9.51. The van der Waals surface area contributed by atoms with E-state index in [4.69, 9.17) is 4.98 Å². The fraction of sp³-hybridized carbons (Fsp3) is 0.353. The van der Waals surface area contributed by atoms with E-state index in [2.05, 4.69) is 45.0 Å². The van der Waals surface area contributed by atoms with Crippen molar-refractivity contribution in [1.29, 1.82) is 0 Å². The van der Waals surface area contributed by atoms with E-state index in [0.29, 0.717) is 5.92 Å². The van der Waals surface area contributed by atoms with E-state index >= 15 is 0 Å². The van der Waals surface area contributed by atoms with Crippen LogP contribution in [0.3, 0.4) is 0 Å². The van der Waals surface area contributed by atoms with Gasteiger partial charge >= 0.3 is 0 Å². The lowest BCUT2D eigenvalue weighted by Gasteiger charge is -2.21. The largest absolute Gasteiger partial charge is 0.392 e. The van der Waals surface area contributed by atoms with Gasteiger partial charge in [0, 0.05) is 18.4 Å². The molecule has 0 fully saturated rings. The van der Waals surface area contributed by atoms with Crippen LogP contribution in [0.2, 0.25) is 0 Å². The van der Waals surface area contributed by atoms with Crippen LogP contribution < -0.4 is 4.90 Å². The molecular formula is C17H22N2O. The van der Waals surface area contributed by atoms with Crippen molar-refractivity contribution >= 4 is 11.5 Å². The van der Waals surface area contributed by atoms with Crippen molar-refractivity contribution in [3.8, 4) is 0 Å². The van der Waals surface area contributed by atoms with Gasteiger partial charge in [0.15, 0.2) is 0 Å². The molecule has 0 radical (unpaired) electrons. The van der Waals surface area contributed by atoms with E-state index < -0.39 is 0 Å². The Balaban J connectivity index is 2.40. The first-order valence-electron chi connectivity index (χ1n) is 6.93. The van der Waals surface area contributed by atoms with E-state index in [1.165, 1.54) is 5.56 Å². The van der Waals surface area contributed by atoms with Gasteiger partial charge in [0.2, 0.25) is 0 Å². The summed E-state index contributed by atoms with van der Waals surface area (Å²) in [5.74, 6) is 1.20. The van der Waals surface area contributed by atoms with Crippen LogP contribution >= 0.6 is 0 Å². The second-order valence-electron chi connectivity index (χ2n) is 5.47. The fourth-order valence-corrected chi connectivity index (χ4v) is 2.05. The molecular weight excluding hydrogens is 248 g/mol. The molecule has 0 aliphatic carbocycles. The topological polar surface area (TPSA) is 36.4 Å². The van der Waals surface area contributed by atoms with Gasteiger partial charge in [0.25, 0.3) is 0 Å². The summed E-state index contributed by atoms with van der Waals surface area (Å²) in [6.07, 6.45) is 0. The van der Waals surface area contributed by atoms with Crippen LogP contribution in [0, 0.1) is 6.92 Å². The minimum Gasteiger partial charge on any atom is -0.392 e. The molecule has 0 aliphatic heterocycles. The summed E-state index contributed by atoms with van der Waals surface area (Å²) in [6, 6.07) is 12.2. The van der Waals surface area contributed by atoms with Crippen molar-refractivity contribution in [2.75, 3.05) is 11.9 Å². The van der Waals surface area contributed by atoms with Crippen LogP contribution in [0.5, 0.6) is 0 Å². The lowest BCUT2D eigenvalue weighted by atomic mass is 10.1. The number of aryl methyl sites for hydroxylation is 1. The molecule has 0 spiro atoms. The predicted molar refractivity (Wildman–Crippen MR) is 83.5 cm³/mol. The van der Waals surface area contributed by atoms with Crippen molar-refractivity contribution in [3.05, 3.63) is 53.2 Å². The highest BCUT2D eigenvalue weighted by atomic mass is 16.3. The molecule has 2 rings (SSSR count). The number of nitrogens with zero attached hydrogens (tertiary/aromatic N) is 2. The Kier molecular flexibility index (Phi) is 4.40. The molecule has 0 aliphatic rings. The molecule has 3 nitrogen and oxygen atoms in total. The highest BCUT2D eigenvalue weighted by molar-refractivity contribution is 5.60. The van der Waals surface area contributed by atoms with E-state index in [9.17, 15) is 5.11 Å². The van der Waals surface area contributed by atoms with Gasteiger partial charge in [-0.25, -0.2) is 4.98 Å². The van der Waals surface area contributed by atoms with Crippen LogP contribution in [0.25, 0.3) is 0 Å². The maximum Gasteiger partial charge on any atom is 0.133 e. The molecule has 0 saturated heterocycles. The maximum absolute atomic E-state index is 9.41. The van der Waals surface area contributed by atoms with Gasteiger partial charge in [-0.15, -0.1) is 0 Å². The summed E-state index contributed by atoms with van der Waals surface area (Å²) in [5, 5.41) is 9.41. The summed E-state index contributed by atoms with van der Waals surface area (Å²) in [6.45, 7) is 6.33. The first kappa shape index (κ1) is 14.5. The molecule has 1 N–H and O–H groups in total. The molecule has 106 valence electrons. The third kappa shape index (κ3) is 3.17. The van der Waals surface area contributed by atoms with Gasteiger partial charge in [-0.1, -0.05) is 31.5 Å². The number of pyridine rings is 1. The van der Waals surface area contributed by atoms with Crippen molar-refractivity contribution in [3.63, 3.8) is 0 Å². The SMILES string of the molecule is Cc1ccc(N(C)c2cc(CO)cc(C(C)C)n2)cc1. The highest BCUT2D eigenvalue weighted by Crippen LogP contribution is 2.25. The zero-order valence-corrected chi connectivity index (χ0v) is 12.6. The molecule has 0 saturated carbocycles. The number of hydrogen-bond donors (Lipinski definition) is 1. The lowest BCUT2D eigenvalue weighted by Crippen LogP contribution is -2.13. The Hall–Kier alpha value is -1.87. The highest BCUT2D eigenvalue weighted by Gasteiger charge is 2.10. The molecule has 20 heavy (non-hydrogen) atoms. The number of aromatic nitrogens is 1. The van der Waals surface area contributed by atoms with Crippen molar-refractivity contribution < 1.29 is 5.11 Å². The average molecular weight is 270 g/mol. The number of anilines is 2. The standard InChI is InChI=1S/C17H22N2O/c1-12(2)16-9-14(11-20)10-17(18-16)19(4)15-7-5-13(3)6-8-15/h5-10,12,20H,11H2,1-4H3. The van der Waals surface area contributed by atoms with Gasteiger partial charge in [-0.05, 0) is 42.7 Å². The molecule has 0 unspecified atom stereocenters. The number of benzene rings is 1. The Bertz CT molecular complexity index is 576. The molecule has 3 heteroatoms. The molecule has 1 heterocycles. The third-order valence-electron chi connectivity index (χ3n) is 3.43. The summed E-state index contributed by atoms with van der Waals surface area (Å²) < 4.78 is 0. The van der Waals surface area contributed by atoms with Gasteiger partial charge in [-0.2, -0.15) is 0 Å². The smallest absolute Gasteiger partial charge is 0.133 e. The summed E-state index contributed by atoms with van der Waals surface area (Å²) in [4.78, 5) is 6.74. The predicted octanol–water partition coefficient (Wildman–Crippen LogP) is 3.77. The van der Waals surface area contributed by atoms with Gasteiger partial charge in [-0.3, -0.25) is 0 Å². The number of rotatable bonds is 4. The van der Waals surface area contributed by atoms with Crippen molar-refractivity contribution in [2.45, 2.75) is 33.3 Å². The number of hydrogen-bond acceptors (Lipinski definition) is 3. The normalized spacial score (nSPS) is 10.9. The van der Waals surface area contributed by atoms with Crippen LogP contribution in [0.15, 0.2) is 36.4 Å². The number of aliphatic hydroxyl groups is 1. The zero-order valence-electron chi connectivity index (χ0n) is 12.6. The van der Waals surface area contributed by atoms with Crippen molar-refractivity contribution in [1.82, 2.24) is 4.98 Å². The van der Waals surface area contributed by atoms with Crippen molar-refractivity contribution in [2.24, 2.45) is 0 Å². The molecule has 1 aromatic heterocycles. The Morgan fingerprint density at radius 3 is 2.35 bits per heavy atom. The molecule has 0 bridgehead atoms. The molecule has 1 aromatic carbocycles. The first-order valence-corrected chi connectivity index (χ1v) is 6.93. The van der Waals surface area contributed by atoms with E-state index in [0.717, 1.165) is 22.8 Å². The van der Waals surface area contributed by atoms with Gasteiger partial charge in [0.05, 0.1) is 6.61 Å². The average Bonchev–Trinajstić information content (AvgIpc) is 2.46. The minimum absolute atomic E-state index is 0.0387. The zero-order chi connectivity index (χ0) is 14.7. The maximum atomic E-state index is 9.41. The van der Waals surface area contributed by atoms with Crippen LogP contribution in [-0.4, -0.2) is 17.1 Å². The quantitative estimate of drug-likeness (QED) is 0.918. The third-order valence-corrected chi connectivity index (χ3v) is 3.43. The van der Waals surface area contributed by atoms with E-state index in [1.54, 1.807) is 0 Å². The minimum atomic E-state index is 0.0387. The Morgan fingerprint density at radius 2 is 1.80 bits per heavy atom. The monoisotopic (exact) mass is 270 g/mol. The molecule has 2 aromatic rings. The van der Waals surface area contributed by atoms with Crippen LogP contribution in [0.1, 0.15) is 36.6 Å². The van der Waals surface area contributed by atoms with Crippen LogP contribution in [0.4, 0.5) is 11.5 Å². The summed E-state index contributed by atoms with van der Waals surface area (Å²) in [5.41, 5.74) is 4.23. The molecule has 0 atom stereocenters. The van der Waals surface area contributed by atoms with Gasteiger partial charge in [0.1, 0.15) is 5.82 Å². The summed E-state index contributed by atoms with van der Waals surface area (Å²) in [7, 11) is 2.00. The fourth-order valence-electron chi connectivity index (χ4n) is 2.05. The number of aliphatic hydroxyl groups excluding tert-OH is 1. The Morgan fingerprint density at radius 1 is 1.15 bits per heavy atom. The second kappa shape index (κ2) is 6.06.